The third-order valence-electron chi connectivity index (χ3n) is 3.15. The maximum absolute atomic E-state index is 13.5. The number of nitrogens with zero attached hydrogens (tertiary/aromatic N) is 2. The molecular weight excluding hydrogens is 245 g/mol. The van der Waals surface area contributed by atoms with Crippen LogP contribution in [0.15, 0.2) is 18.2 Å². The van der Waals surface area contributed by atoms with Crippen molar-refractivity contribution in [3.8, 4) is 16.9 Å². The minimum absolute atomic E-state index is 0.294. The molecular formula is C14H18FN3O. The topological polar surface area (TPSA) is 53.1 Å². The Bertz CT molecular complexity index is 593. The van der Waals surface area contributed by atoms with Gasteiger partial charge in [-0.3, -0.25) is 4.68 Å². The highest BCUT2D eigenvalue weighted by Gasteiger charge is 2.18. The fourth-order valence-corrected chi connectivity index (χ4v) is 2.36. The van der Waals surface area contributed by atoms with Crippen molar-refractivity contribution in [2.24, 2.45) is 12.8 Å². The molecule has 1 aromatic heterocycles. The van der Waals surface area contributed by atoms with Gasteiger partial charge in [0.1, 0.15) is 11.6 Å². The van der Waals surface area contributed by atoms with Crippen molar-refractivity contribution >= 4 is 0 Å². The Balaban J connectivity index is 2.67. The van der Waals surface area contributed by atoms with Crippen LogP contribution in [-0.4, -0.2) is 23.4 Å². The number of benzene rings is 1. The molecule has 1 aromatic carbocycles. The molecule has 2 rings (SSSR count). The number of aryl methyl sites for hydroxylation is 2. The maximum Gasteiger partial charge on any atom is 0.127 e. The molecule has 19 heavy (non-hydrogen) atoms. The van der Waals surface area contributed by atoms with Crippen molar-refractivity contribution in [1.82, 2.24) is 9.78 Å². The summed E-state index contributed by atoms with van der Waals surface area (Å²) < 4.78 is 20.6. The average Bonchev–Trinajstić information content (AvgIpc) is 2.65. The van der Waals surface area contributed by atoms with Crippen molar-refractivity contribution in [3.05, 3.63) is 35.4 Å². The Morgan fingerprint density at radius 3 is 2.79 bits per heavy atom. The molecule has 0 amide bonds. The van der Waals surface area contributed by atoms with Gasteiger partial charge in [0.2, 0.25) is 0 Å². The van der Waals surface area contributed by atoms with E-state index in [2.05, 4.69) is 5.10 Å². The van der Waals surface area contributed by atoms with Crippen LogP contribution >= 0.6 is 0 Å². The second-order valence-electron chi connectivity index (χ2n) is 4.41. The van der Waals surface area contributed by atoms with Crippen LogP contribution in [0, 0.1) is 12.7 Å². The minimum atomic E-state index is -0.294. The Kier molecular flexibility index (Phi) is 3.85. The molecule has 0 aliphatic rings. The van der Waals surface area contributed by atoms with Crippen LogP contribution in [0.25, 0.3) is 11.1 Å². The number of methoxy groups -OCH3 is 1. The lowest BCUT2D eigenvalue weighted by Gasteiger charge is -2.10. The van der Waals surface area contributed by atoms with E-state index in [0.717, 1.165) is 22.5 Å². The second-order valence-corrected chi connectivity index (χ2v) is 4.41. The van der Waals surface area contributed by atoms with Crippen LogP contribution in [0.4, 0.5) is 4.39 Å². The van der Waals surface area contributed by atoms with E-state index in [-0.39, 0.29) is 5.82 Å². The largest absolute Gasteiger partial charge is 0.496 e. The van der Waals surface area contributed by atoms with E-state index in [1.54, 1.807) is 17.9 Å². The SMILES string of the molecule is COc1ccc(F)cc1-c1c(C)nn(C)c1CCN. The standard InChI is InChI=1S/C14H18FN3O/c1-9-14(12(6-7-16)18(2)17-9)11-8-10(15)4-5-13(11)19-3/h4-5,8H,6-7,16H2,1-3H3. The summed E-state index contributed by atoms with van der Waals surface area (Å²) in [5, 5.41) is 4.39. The molecule has 2 N–H and O–H groups in total. The molecule has 0 unspecified atom stereocenters. The quantitative estimate of drug-likeness (QED) is 0.918. The molecule has 102 valence electrons. The van der Waals surface area contributed by atoms with Gasteiger partial charge in [-0.2, -0.15) is 5.10 Å². The van der Waals surface area contributed by atoms with Gasteiger partial charge >= 0.3 is 0 Å². The normalized spacial score (nSPS) is 10.8. The zero-order valence-corrected chi connectivity index (χ0v) is 11.4. The summed E-state index contributed by atoms with van der Waals surface area (Å²) in [5.74, 6) is 0.341. The van der Waals surface area contributed by atoms with Crippen LogP contribution in [0.2, 0.25) is 0 Å². The molecule has 0 saturated heterocycles. The highest BCUT2D eigenvalue weighted by atomic mass is 19.1. The van der Waals surface area contributed by atoms with Gasteiger partial charge in [-0.25, -0.2) is 4.39 Å². The number of hydrogen-bond donors (Lipinski definition) is 1. The van der Waals surface area contributed by atoms with Crippen LogP contribution in [0.3, 0.4) is 0 Å². The van der Waals surface area contributed by atoms with Crippen LogP contribution < -0.4 is 10.5 Å². The summed E-state index contributed by atoms with van der Waals surface area (Å²) in [6.07, 6.45) is 0.687. The van der Waals surface area contributed by atoms with E-state index in [9.17, 15) is 4.39 Å². The number of ether oxygens (including phenoxy) is 1. The number of aromatic nitrogens is 2. The van der Waals surface area contributed by atoms with Gasteiger partial charge in [-0.15, -0.1) is 0 Å². The van der Waals surface area contributed by atoms with Gasteiger partial charge in [0.05, 0.1) is 12.8 Å². The zero-order valence-electron chi connectivity index (χ0n) is 11.4. The lowest BCUT2D eigenvalue weighted by atomic mass is 10.0. The van der Waals surface area contributed by atoms with Crippen LogP contribution in [0.5, 0.6) is 5.75 Å². The van der Waals surface area contributed by atoms with E-state index in [4.69, 9.17) is 10.5 Å². The Morgan fingerprint density at radius 1 is 1.42 bits per heavy atom. The first-order chi connectivity index (χ1) is 9.08. The molecule has 0 bridgehead atoms. The first-order valence-electron chi connectivity index (χ1n) is 6.15. The van der Waals surface area contributed by atoms with Crippen molar-refractivity contribution in [2.45, 2.75) is 13.3 Å². The number of halogens is 1. The van der Waals surface area contributed by atoms with Crippen molar-refractivity contribution in [1.29, 1.82) is 0 Å². The molecule has 2 aromatic rings. The van der Waals surface area contributed by atoms with Crippen LogP contribution in [-0.2, 0) is 13.5 Å². The molecule has 0 atom stereocenters. The van der Waals surface area contributed by atoms with Crippen LogP contribution in [0.1, 0.15) is 11.4 Å². The molecule has 0 aliphatic carbocycles. The van der Waals surface area contributed by atoms with E-state index in [1.165, 1.54) is 12.1 Å². The van der Waals surface area contributed by atoms with Gasteiger partial charge in [-0.05, 0) is 31.7 Å². The van der Waals surface area contributed by atoms with E-state index < -0.39 is 0 Å². The summed E-state index contributed by atoms with van der Waals surface area (Å²) in [6, 6.07) is 4.49. The van der Waals surface area contributed by atoms with Gasteiger partial charge in [0.25, 0.3) is 0 Å². The van der Waals surface area contributed by atoms with E-state index >= 15 is 0 Å². The van der Waals surface area contributed by atoms with Gasteiger partial charge in [-0.1, -0.05) is 0 Å². The first kappa shape index (κ1) is 13.5. The minimum Gasteiger partial charge on any atom is -0.496 e. The summed E-state index contributed by atoms with van der Waals surface area (Å²) in [4.78, 5) is 0. The fraction of sp³-hybridized carbons (Fsp3) is 0.357. The van der Waals surface area contributed by atoms with Gasteiger partial charge in [0.15, 0.2) is 0 Å². The average molecular weight is 263 g/mol. The first-order valence-corrected chi connectivity index (χ1v) is 6.15. The highest BCUT2D eigenvalue weighted by molar-refractivity contribution is 5.74. The molecule has 5 heteroatoms. The highest BCUT2D eigenvalue weighted by Crippen LogP contribution is 2.35. The summed E-state index contributed by atoms with van der Waals surface area (Å²) in [5.41, 5.74) is 9.10. The lowest BCUT2D eigenvalue weighted by molar-refractivity contribution is 0.415. The molecule has 0 aliphatic heterocycles. The fourth-order valence-electron chi connectivity index (χ4n) is 2.36. The molecule has 0 radical (unpaired) electrons. The number of rotatable bonds is 4. The van der Waals surface area contributed by atoms with E-state index in [1.807, 2.05) is 14.0 Å². The van der Waals surface area contributed by atoms with Crippen molar-refractivity contribution < 1.29 is 9.13 Å². The van der Waals surface area contributed by atoms with Crippen molar-refractivity contribution in [3.63, 3.8) is 0 Å². The third kappa shape index (κ3) is 2.46. The maximum atomic E-state index is 13.5. The Morgan fingerprint density at radius 2 is 2.16 bits per heavy atom. The smallest absolute Gasteiger partial charge is 0.127 e. The molecule has 0 saturated carbocycles. The summed E-state index contributed by atoms with van der Waals surface area (Å²) >= 11 is 0. The third-order valence-corrected chi connectivity index (χ3v) is 3.15. The number of hydrogen-bond acceptors (Lipinski definition) is 3. The molecule has 0 spiro atoms. The van der Waals surface area contributed by atoms with E-state index in [0.29, 0.717) is 18.7 Å². The summed E-state index contributed by atoms with van der Waals surface area (Å²) in [7, 11) is 3.44. The predicted octanol–water partition coefficient (Wildman–Crippen LogP) is 2.04. The van der Waals surface area contributed by atoms with Gasteiger partial charge < -0.3 is 10.5 Å². The predicted molar refractivity (Wildman–Crippen MR) is 72.6 cm³/mol. The Labute approximate surface area is 112 Å². The second kappa shape index (κ2) is 5.40. The molecule has 0 fully saturated rings. The van der Waals surface area contributed by atoms with Crippen molar-refractivity contribution in [2.75, 3.05) is 13.7 Å². The molecule has 4 nitrogen and oxygen atoms in total. The summed E-state index contributed by atoms with van der Waals surface area (Å²) in [6.45, 7) is 2.42. The van der Waals surface area contributed by atoms with Gasteiger partial charge in [0, 0.05) is 30.3 Å². The monoisotopic (exact) mass is 263 g/mol. The lowest BCUT2D eigenvalue weighted by Crippen LogP contribution is -2.08. The zero-order chi connectivity index (χ0) is 14.0. The Hall–Kier alpha value is -1.88. The number of nitrogens with two attached hydrogens (primary N) is 1. The molecule has 1 heterocycles.